The Morgan fingerprint density at radius 2 is 0.712 bits per heavy atom. The minimum absolute atomic E-state index is 0.124. The molecule has 0 saturated carbocycles. The van der Waals surface area contributed by atoms with E-state index < -0.39 is 0 Å². The first-order valence-corrected chi connectivity index (χ1v) is 25.7. The van der Waals surface area contributed by atoms with Crippen LogP contribution in [0.25, 0.3) is 95.6 Å². The monoisotopic (exact) mass is 957 g/mol. The molecule has 0 unspecified atom stereocenters. The minimum Gasteiger partial charge on any atom is -0.309 e. The highest BCUT2D eigenvalue weighted by Gasteiger charge is 2.27. The molecule has 7 aromatic carbocycles. The molecule has 0 radical (unpaired) electrons. The molecule has 0 N–H and O–H groups in total. The van der Waals surface area contributed by atoms with E-state index in [0.717, 1.165) is 61.5 Å². The molecule has 0 atom stereocenters. The van der Waals surface area contributed by atoms with Gasteiger partial charge in [-0.05, 0) is 124 Å². The van der Waals surface area contributed by atoms with Crippen molar-refractivity contribution in [1.29, 1.82) is 0 Å². The van der Waals surface area contributed by atoms with Crippen LogP contribution >= 0.6 is 0 Å². The maximum absolute atomic E-state index is 5.64. The van der Waals surface area contributed by atoms with E-state index in [9.17, 15) is 0 Å². The van der Waals surface area contributed by atoms with Crippen molar-refractivity contribution >= 4 is 21.8 Å². The lowest BCUT2D eigenvalue weighted by Gasteiger charge is -2.26. The Hall–Kier alpha value is -7.57. The molecule has 0 spiro atoms. The first kappa shape index (κ1) is 49.0. The highest BCUT2D eigenvalue weighted by atomic mass is 15.1. The van der Waals surface area contributed by atoms with Gasteiger partial charge in [0.1, 0.15) is 0 Å². The number of fused-ring (bicyclic) bond motifs is 3. The van der Waals surface area contributed by atoms with Crippen molar-refractivity contribution < 1.29 is 0 Å². The molecule has 3 aromatic heterocycles. The van der Waals surface area contributed by atoms with Crippen molar-refractivity contribution in [2.45, 2.75) is 119 Å². The highest BCUT2D eigenvalue weighted by molar-refractivity contribution is 6.10. The molecule has 0 aliphatic carbocycles. The molecule has 0 aliphatic rings. The molecule has 6 nitrogen and oxygen atoms in total. The average molecular weight is 957 g/mol. The SMILES string of the molecule is Cc1ccc2c(c1)c1cc(C)ccc1n2-c1ccc(-c2cc(-c3ccccc3)nc(-c3ccccc3)n2)cc1-c1nc(-c2cc(C(C)(C)C)cc(C(C)(C)C)c2)nc(-c2cc(C(C)(C)C)cc(C(C)(C)C)c2)n1. The number of rotatable bonds is 7. The number of aromatic nitrogens is 6. The van der Waals surface area contributed by atoms with Crippen molar-refractivity contribution in [3.63, 3.8) is 0 Å². The third-order valence-corrected chi connectivity index (χ3v) is 14.2. The van der Waals surface area contributed by atoms with Crippen LogP contribution in [0.15, 0.2) is 158 Å². The maximum atomic E-state index is 5.64. The van der Waals surface area contributed by atoms with E-state index in [2.05, 4.69) is 235 Å². The van der Waals surface area contributed by atoms with Gasteiger partial charge in [-0.3, -0.25) is 0 Å². The fourth-order valence-corrected chi connectivity index (χ4v) is 9.65. The molecular formula is C67H68N6. The molecule has 0 fully saturated rings. The van der Waals surface area contributed by atoms with Crippen LogP contribution in [0.4, 0.5) is 0 Å². The van der Waals surface area contributed by atoms with Crippen LogP contribution in [0, 0.1) is 13.8 Å². The van der Waals surface area contributed by atoms with Gasteiger partial charge in [-0.25, -0.2) is 24.9 Å². The predicted octanol–water partition coefficient (Wildman–Crippen LogP) is 17.6. The van der Waals surface area contributed by atoms with Gasteiger partial charge < -0.3 is 4.57 Å². The number of hydrogen-bond acceptors (Lipinski definition) is 5. The van der Waals surface area contributed by atoms with Gasteiger partial charge in [-0.2, -0.15) is 0 Å². The molecule has 10 rings (SSSR count). The van der Waals surface area contributed by atoms with Crippen LogP contribution in [-0.4, -0.2) is 29.5 Å². The molecule has 73 heavy (non-hydrogen) atoms. The van der Waals surface area contributed by atoms with E-state index in [0.29, 0.717) is 23.3 Å². The zero-order chi connectivity index (χ0) is 51.8. The minimum atomic E-state index is -0.124. The van der Waals surface area contributed by atoms with E-state index in [4.69, 9.17) is 24.9 Å². The zero-order valence-corrected chi connectivity index (χ0v) is 45.2. The summed E-state index contributed by atoms with van der Waals surface area (Å²) < 4.78 is 2.40. The molecule has 0 amide bonds. The summed E-state index contributed by atoms with van der Waals surface area (Å²) in [5.41, 5.74) is 17.3. The van der Waals surface area contributed by atoms with Gasteiger partial charge in [0.25, 0.3) is 0 Å². The van der Waals surface area contributed by atoms with E-state index in [-0.39, 0.29) is 21.7 Å². The quantitative estimate of drug-likeness (QED) is 0.159. The third-order valence-electron chi connectivity index (χ3n) is 14.2. The van der Waals surface area contributed by atoms with Gasteiger partial charge in [-0.1, -0.05) is 185 Å². The van der Waals surface area contributed by atoms with Gasteiger partial charge in [0, 0.05) is 44.2 Å². The summed E-state index contributed by atoms with van der Waals surface area (Å²) in [4.78, 5) is 27.3. The lowest BCUT2D eigenvalue weighted by Crippen LogP contribution is -2.17. The lowest BCUT2D eigenvalue weighted by molar-refractivity contribution is 0.568. The Kier molecular flexibility index (Phi) is 12.2. The number of nitrogens with zero attached hydrogens (tertiary/aromatic N) is 6. The summed E-state index contributed by atoms with van der Waals surface area (Å²) in [5.74, 6) is 2.48. The molecule has 10 aromatic rings. The van der Waals surface area contributed by atoms with Gasteiger partial charge in [0.15, 0.2) is 23.3 Å². The van der Waals surface area contributed by atoms with Gasteiger partial charge in [0.05, 0.1) is 28.1 Å². The fraction of sp³-hybridized carbons (Fsp3) is 0.269. The molecule has 0 aliphatic heterocycles. The van der Waals surface area contributed by atoms with Crippen molar-refractivity contribution in [2.75, 3.05) is 0 Å². The van der Waals surface area contributed by atoms with Crippen LogP contribution < -0.4 is 0 Å². The lowest BCUT2D eigenvalue weighted by atomic mass is 9.79. The van der Waals surface area contributed by atoms with Crippen molar-refractivity contribution in [3.8, 4) is 73.8 Å². The number of aryl methyl sites for hydroxylation is 2. The Labute approximate surface area is 432 Å². The van der Waals surface area contributed by atoms with Crippen molar-refractivity contribution in [1.82, 2.24) is 29.5 Å². The van der Waals surface area contributed by atoms with Gasteiger partial charge in [0.2, 0.25) is 0 Å². The second-order valence-corrected chi connectivity index (χ2v) is 24.2. The first-order valence-electron chi connectivity index (χ1n) is 25.7. The Balaban J connectivity index is 1.33. The summed E-state index contributed by atoms with van der Waals surface area (Å²) in [6.07, 6.45) is 0. The standard InChI is InChI=1S/C67H68N6/c1-41-25-28-57-52(31-41)53-32-42(2)26-29-58(53)73(57)59-30-27-45(56-40-55(43-21-17-15-18-22-43)68-60(69-56)44-23-19-16-20-24-44)37-54(59)63-71-61(46-33-48(64(3,4)5)38-49(34-46)65(6,7)8)70-62(72-63)47-35-50(66(9,10)11)39-51(36-47)67(12,13)14/h15-40H,1-14H3. The molecule has 0 bridgehead atoms. The maximum Gasteiger partial charge on any atom is 0.166 e. The van der Waals surface area contributed by atoms with E-state index in [1.807, 2.05) is 24.3 Å². The molecule has 6 heteroatoms. The summed E-state index contributed by atoms with van der Waals surface area (Å²) in [7, 11) is 0. The Morgan fingerprint density at radius 1 is 0.315 bits per heavy atom. The smallest absolute Gasteiger partial charge is 0.166 e. The average Bonchev–Trinajstić information content (AvgIpc) is 3.67. The fourth-order valence-electron chi connectivity index (χ4n) is 9.65. The second-order valence-electron chi connectivity index (χ2n) is 24.2. The third kappa shape index (κ3) is 9.88. The number of hydrogen-bond donors (Lipinski definition) is 0. The molecule has 0 saturated heterocycles. The van der Waals surface area contributed by atoms with E-state index in [1.165, 1.54) is 44.2 Å². The van der Waals surface area contributed by atoms with Crippen LogP contribution in [-0.2, 0) is 21.7 Å². The Bertz CT molecular complexity index is 3450. The van der Waals surface area contributed by atoms with Gasteiger partial charge in [-0.15, -0.1) is 0 Å². The summed E-state index contributed by atoms with van der Waals surface area (Å²) in [5, 5.41) is 2.40. The van der Waals surface area contributed by atoms with E-state index in [1.54, 1.807) is 0 Å². The predicted molar refractivity (Wildman–Crippen MR) is 307 cm³/mol. The summed E-state index contributed by atoms with van der Waals surface area (Å²) >= 11 is 0. The largest absolute Gasteiger partial charge is 0.309 e. The van der Waals surface area contributed by atoms with Gasteiger partial charge >= 0.3 is 0 Å². The van der Waals surface area contributed by atoms with Crippen molar-refractivity contribution in [3.05, 3.63) is 191 Å². The molecular weight excluding hydrogens is 889 g/mol. The highest BCUT2D eigenvalue weighted by Crippen LogP contribution is 2.41. The Morgan fingerprint density at radius 3 is 1.15 bits per heavy atom. The molecule has 366 valence electrons. The number of benzene rings is 7. The molecule has 3 heterocycles. The normalized spacial score (nSPS) is 12.5. The zero-order valence-electron chi connectivity index (χ0n) is 45.2. The summed E-state index contributed by atoms with van der Waals surface area (Å²) in [6, 6.07) is 56.8. The van der Waals surface area contributed by atoms with Crippen LogP contribution in [0.3, 0.4) is 0 Å². The second kappa shape index (κ2) is 18.2. The summed E-state index contributed by atoms with van der Waals surface area (Å²) in [6.45, 7) is 31.7. The van der Waals surface area contributed by atoms with Crippen molar-refractivity contribution in [2.24, 2.45) is 0 Å². The topological polar surface area (TPSA) is 69.4 Å². The van der Waals surface area contributed by atoms with Crippen LogP contribution in [0.5, 0.6) is 0 Å². The first-order chi connectivity index (χ1) is 34.5. The van der Waals surface area contributed by atoms with Crippen LogP contribution in [0.1, 0.15) is 116 Å². The van der Waals surface area contributed by atoms with Crippen LogP contribution in [0.2, 0.25) is 0 Å². The van der Waals surface area contributed by atoms with E-state index >= 15 is 0 Å².